The van der Waals surface area contributed by atoms with Gasteiger partial charge in [0.05, 0.1) is 6.54 Å². The number of aromatic nitrogens is 3. The number of rotatable bonds is 5. The van der Waals surface area contributed by atoms with Crippen molar-refractivity contribution in [3.8, 4) is 0 Å². The molecule has 0 radical (unpaired) electrons. The molecule has 5 nitrogen and oxygen atoms in total. The molecule has 0 saturated carbocycles. The number of aryl methyl sites for hydroxylation is 1. The maximum Gasteiger partial charge on any atom is 0.268 e. The first-order valence-electron chi connectivity index (χ1n) is 6.53. The Hall–Kier alpha value is -1.69. The van der Waals surface area contributed by atoms with E-state index in [1.165, 1.54) is 6.20 Å². The van der Waals surface area contributed by atoms with Gasteiger partial charge in [-0.25, -0.2) is 9.97 Å². The molecule has 2 heterocycles. The van der Waals surface area contributed by atoms with Gasteiger partial charge in [0.15, 0.2) is 0 Å². The van der Waals surface area contributed by atoms with E-state index in [4.69, 9.17) is 0 Å². The van der Waals surface area contributed by atoms with Gasteiger partial charge in [0.25, 0.3) is 5.56 Å². The van der Waals surface area contributed by atoms with E-state index < -0.39 is 0 Å². The van der Waals surface area contributed by atoms with Crippen molar-refractivity contribution < 1.29 is 0 Å². The predicted octanol–water partition coefficient (Wildman–Crippen LogP) is 2.58. The van der Waals surface area contributed by atoms with Crippen LogP contribution in [0, 0.1) is 6.92 Å². The van der Waals surface area contributed by atoms with Crippen LogP contribution in [0.15, 0.2) is 33.8 Å². The smallest absolute Gasteiger partial charge is 0.268 e. The van der Waals surface area contributed by atoms with E-state index in [9.17, 15) is 4.79 Å². The van der Waals surface area contributed by atoms with Crippen LogP contribution in [0.5, 0.6) is 0 Å². The van der Waals surface area contributed by atoms with Crippen molar-refractivity contribution in [2.24, 2.45) is 0 Å². The molecule has 0 spiro atoms. The van der Waals surface area contributed by atoms with Crippen LogP contribution in [0.3, 0.4) is 0 Å². The van der Waals surface area contributed by atoms with Gasteiger partial charge in [-0.2, -0.15) is 0 Å². The predicted molar refractivity (Wildman–Crippen MR) is 83.1 cm³/mol. The minimum atomic E-state index is -0.0807. The summed E-state index contributed by atoms with van der Waals surface area (Å²) >= 11 is 3.23. The first kappa shape index (κ1) is 14.7. The van der Waals surface area contributed by atoms with E-state index in [-0.39, 0.29) is 5.56 Å². The Labute approximate surface area is 126 Å². The quantitative estimate of drug-likeness (QED) is 0.911. The van der Waals surface area contributed by atoms with E-state index in [0.29, 0.717) is 16.8 Å². The molecule has 2 rings (SSSR count). The standard InChI is InChI=1S/C14H17BrN4O/c1-3-6-16-13-11(5-4-7-17-13)9-19-10(2)18-8-12(15)14(19)20/h4-5,7-8H,3,6,9H2,1-2H3,(H,16,17). The third-order valence-corrected chi connectivity index (χ3v) is 3.51. The van der Waals surface area contributed by atoms with Crippen molar-refractivity contribution in [1.29, 1.82) is 0 Å². The first-order chi connectivity index (χ1) is 9.63. The average Bonchev–Trinajstić information content (AvgIpc) is 2.46. The van der Waals surface area contributed by atoms with E-state index in [1.807, 2.05) is 19.1 Å². The Morgan fingerprint density at radius 2 is 2.20 bits per heavy atom. The van der Waals surface area contributed by atoms with Crippen LogP contribution in [0.2, 0.25) is 0 Å². The van der Waals surface area contributed by atoms with Gasteiger partial charge in [0.1, 0.15) is 16.1 Å². The van der Waals surface area contributed by atoms with Crippen molar-refractivity contribution in [3.63, 3.8) is 0 Å². The summed E-state index contributed by atoms with van der Waals surface area (Å²) in [4.78, 5) is 20.7. The summed E-state index contributed by atoms with van der Waals surface area (Å²) in [6.07, 6.45) is 4.30. The van der Waals surface area contributed by atoms with Gasteiger partial charge in [-0.3, -0.25) is 9.36 Å². The van der Waals surface area contributed by atoms with Gasteiger partial charge in [0, 0.05) is 24.5 Å². The molecular weight excluding hydrogens is 320 g/mol. The second-order valence-electron chi connectivity index (χ2n) is 4.48. The summed E-state index contributed by atoms with van der Waals surface area (Å²) in [7, 11) is 0. The number of nitrogens with one attached hydrogen (secondary N) is 1. The van der Waals surface area contributed by atoms with Gasteiger partial charge < -0.3 is 5.32 Å². The highest BCUT2D eigenvalue weighted by Gasteiger charge is 2.09. The largest absolute Gasteiger partial charge is 0.370 e. The SMILES string of the molecule is CCCNc1ncccc1Cn1c(C)ncc(Br)c1=O. The van der Waals surface area contributed by atoms with E-state index in [0.717, 1.165) is 24.3 Å². The molecule has 0 fully saturated rings. The highest BCUT2D eigenvalue weighted by Crippen LogP contribution is 2.13. The Morgan fingerprint density at radius 1 is 1.40 bits per heavy atom. The maximum atomic E-state index is 12.2. The van der Waals surface area contributed by atoms with Gasteiger partial charge in [-0.05, 0) is 35.3 Å². The fourth-order valence-electron chi connectivity index (χ4n) is 1.88. The minimum Gasteiger partial charge on any atom is -0.370 e. The van der Waals surface area contributed by atoms with Crippen molar-refractivity contribution >= 4 is 21.7 Å². The molecule has 0 unspecified atom stereocenters. The van der Waals surface area contributed by atoms with Crippen molar-refractivity contribution in [2.75, 3.05) is 11.9 Å². The van der Waals surface area contributed by atoms with Gasteiger partial charge in [0.2, 0.25) is 0 Å². The molecule has 1 N–H and O–H groups in total. The summed E-state index contributed by atoms with van der Waals surface area (Å²) in [5.41, 5.74) is 0.897. The van der Waals surface area contributed by atoms with Crippen LogP contribution >= 0.6 is 15.9 Å². The fourth-order valence-corrected chi connectivity index (χ4v) is 2.19. The Kier molecular flexibility index (Phi) is 4.89. The van der Waals surface area contributed by atoms with E-state index >= 15 is 0 Å². The van der Waals surface area contributed by atoms with Gasteiger partial charge in [-0.1, -0.05) is 13.0 Å². The van der Waals surface area contributed by atoms with E-state index in [1.54, 1.807) is 10.8 Å². The maximum absolute atomic E-state index is 12.2. The molecule has 20 heavy (non-hydrogen) atoms. The fraction of sp³-hybridized carbons (Fsp3) is 0.357. The number of halogens is 1. The first-order valence-corrected chi connectivity index (χ1v) is 7.32. The van der Waals surface area contributed by atoms with Crippen LogP contribution in [-0.4, -0.2) is 21.1 Å². The molecule has 106 valence electrons. The molecular formula is C14H17BrN4O. The Bertz CT molecular complexity index is 654. The highest BCUT2D eigenvalue weighted by atomic mass is 79.9. The van der Waals surface area contributed by atoms with Crippen LogP contribution < -0.4 is 10.9 Å². The molecule has 2 aromatic rings. The van der Waals surface area contributed by atoms with Crippen LogP contribution in [0.4, 0.5) is 5.82 Å². The van der Waals surface area contributed by atoms with Gasteiger partial charge in [-0.15, -0.1) is 0 Å². The minimum absolute atomic E-state index is 0.0807. The number of nitrogens with zero attached hydrogens (tertiary/aromatic N) is 3. The molecule has 0 atom stereocenters. The molecule has 0 aliphatic carbocycles. The topological polar surface area (TPSA) is 59.8 Å². The lowest BCUT2D eigenvalue weighted by Gasteiger charge is -2.13. The molecule has 0 saturated heterocycles. The average molecular weight is 337 g/mol. The second-order valence-corrected chi connectivity index (χ2v) is 5.34. The summed E-state index contributed by atoms with van der Waals surface area (Å²) in [6.45, 7) is 5.23. The molecule has 0 amide bonds. The Morgan fingerprint density at radius 3 is 2.95 bits per heavy atom. The van der Waals surface area contributed by atoms with Crippen LogP contribution in [0.25, 0.3) is 0 Å². The molecule has 0 aliphatic rings. The summed E-state index contributed by atoms with van der Waals surface area (Å²) in [5.74, 6) is 1.50. The molecule has 6 heteroatoms. The summed E-state index contributed by atoms with van der Waals surface area (Å²) in [6, 6.07) is 3.84. The van der Waals surface area contributed by atoms with Gasteiger partial charge >= 0.3 is 0 Å². The lowest BCUT2D eigenvalue weighted by Crippen LogP contribution is -2.25. The van der Waals surface area contributed by atoms with Crippen molar-refractivity contribution in [1.82, 2.24) is 14.5 Å². The molecule has 0 aromatic carbocycles. The zero-order chi connectivity index (χ0) is 14.5. The lowest BCUT2D eigenvalue weighted by atomic mass is 10.2. The summed E-state index contributed by atoms with van der Waals surface area (Å²) in [5, 5.41) is 3.28. The normalized spacial score (nSPS) is 10.6. The van der Waals surface area contributed by atoms with E-state index in [2.05, 4.69) is 38.1 Å². The monoisotopic (exact) mass is 336 g/mol. The second kappa shape index (κ2) is 6.65. The summed E-state index contributed by atoms with van der Waals surface area (Å²) < 4.78 is 2.10. The third-order valence-electron chi connectivity index (χ3n) is 2.97. The van der Waals surface area contributed by atoms with Crippen LogP contribution in [-0.2, 0) is 6.54 Å². The number of pyridine rings is 1. The number of hydrogen-bond donors (Lipinski definition) is 1. The lowest BCUT2D eigenvalue weighted by molar-refractivity contribution is 0.694. The van der Waals surface area contributed by atoms with Crippen LogP contribution in [0.1, 0.15) is 24.7 Å². The molecule has 0 bridgehead atoms. The molecule has 2 aromatic heterocycles. The number of anilines is 1. The van der Waals surface area contributed by atoms with Crippen molar-refractivity contribution in [2.45, 2.75) is 26.8 Å². The zero-order valence-corrected chi connectivity index (χ0v) is 13.1. The Balaban J connectivity index is 2.35. The highest BCUT2D eigenvalue weighted by molar-refractivity contribution is 9.10. The zero-order valence-electron chi connectivity index (χ0n) is 11.6. The molecule has 0 aliphatic heterocycles. The third kappa shape index (κ3) is 3.25. The number of hydrogen-bond acceptors (Lipinski definition) is 4. The van der Waals surface area contributed by atoms with Crippen molar-refractivity contribution in [3.05, 3.63) is 50.7 Å².